The van der Waals surface area contributed by atoms with E-state index in [2.05, 4.69) is 33.2 Å². The van der Waals surface area contributed by atoms with Gasteiger partial charge in [0.2, 0.25) is 0 Å². The molecule has 0 fully saturated rings. The maximum absolute atomic E-state index is 4.63. The molecule has 0 aromatic carbocycles. The van der Waals surface area contributed by atoms with E-state index in [1.54, 1.807) is 0 Å². The van der Waals surface area contributed by atoms with Gasteiger partial charge in [0.1, 0.15) is 0 Å². The number of rotatable bonds is 2. The molecule has 2 aromatic rings. The third-order valence-electron chi connectivity index (χ3n) is 4.02. The van der Waals surface area contributed by atoms with Gasteiger partial charge in [-0.05, 0) is 11.6 Å². The summed E-state index contributed by atoms with van der Waals surface area (Å²) in [5, 5.41) is 0.924. The van der Waals surface area contributed by atoms with Gasteiger partial charge in [-0.1, -0.05) is 85.1 Å². The Morgan fingerprint density at radius 2 is 1.23 bits per heavy atom. The van der Waals surface area contributed by atoms with Crippen molar-refractivity contribution >= 4 is 22.2 Å². The van der Waals surface area contributed by atoms with Gasteiger partial charge in [-0.3, -0.25) is 0 Å². The van der Waals surface area contributed by atoms with E-state index in [4.69, 9.17) is 0 Å². The van der Waals surface area contributed by atoms with Crippen molar-refractivity contribution in [3.8, 4) is 0 Å². The van der Waals surface area contributed by atoms with E-state index in [-0.39, 0.29) is 0 Å². The first kappa shape index (κ1) is 15.9. The average Bonchev–Trinajstić information content (AvgIpc) is 2.60. The smallest absolute Gasteiger partial charge is 0.163 e. The fraction of sp³-hybridized carbons (Fsp3) is 0. The molecule has 0 saturated heterocycles. The molecule has 0 amide bonds. The monoisotopic (exact) mass is 335 g/mol. The van der Waals surface area contributed by atoms with Gasteiger partial charge in [0.25, 0.3) is 0 Å². The van der Waals surface area contributed by atoms with Crippen molar-refractivity contribution in [1.82, 2.24) is 15.0 Å². The van der Waals surface area contributed by atoms with Crippen molar-refractivity contribution in [3.63, 3.8) is 0 Å². The Hall–Kier alpha value is -3.59. The number of allylic oxidation sites excluding steroid dienone is 16. The quantitative estimate of drug-likeness (QED) is 0.761. The van der Waals surface area contributed by atoms with Gasteiger partial charge in [0.15, 0.2) is 11.5 Å². The van der Waals surface area contributed by atoms with Crippen LogP contribution in [0.3, 0.4) is 0 Å². The summed E-state index contributed by atoms with van der Waals surface area (Å²) in [7, 11) is 0. The van der Waals surface area contributed by atoms with Crippen LogP contribution < -0.4 is 0 Å². The summed E-state index contributed by atoms with van der Waals surface area (Å²) < 4.78 is 0. The first-order valence-corrected chi connectivity index (χ1v) is 8.47. The Balaban J connectivity index is 1.71. The first-order valence-electron chi connectivity index (χ1n) is 8.47. The Bertz CT molecular complexity index is 987. The van der Waals surface area contributed by atoms with E-state index in [9.17, 15) is 0 Å². The molecule has 3 heteroatoms. The van der Waals surface area contributed by atoms with E-state index in [1.165, 1.54) is 0 Å². The molecule has 2 aliphatic carbocycles. The second-order valence-corrected chi connectivity index (χ2v) is 5.83. The molecule has 2 aromatic heterocycles. The zero-order valence-corrected chi connectivity index (χ0v) is 14.2. The second kappa shape index (κ2) is 7.53. The highest BCUT2D eigenvalue weighted by atomic mass is 14.9. The largest absolute Gasteiger partial charge is 0.236 e. The molecule has 124 valence electrons. The van der Waals surface area contributed by atoms with Crippen LogP contribution in [0.2, 0.25) is 0 Å². The standard InChI is InChI=1S/C23H17N3/c1-3-7-11-18(12-8-4-1)20-15-21-17-25-22(26-23(21)24-16-20)19-13-9-5-2-6-10-14-19/h1-17H/b3-1-,4-1?,5-2-,6-2?,7-3?,8-4-,9-5?,10-6-,11-7-,12-8?,13-9-,14-10?,18-11?,18-12+,19-13?,19-14+. The second-order valence-electron chi connectivity index (χ2n) is 5.83. The van der Waals surface area contributed by atoms with Crippen LogP contribution in [0.25, 0.3) is 22.2 Å². The summed E-state index contributed by atoms with van der Waals surface area (Å²) in [6, 6.07) is 2.08. The van der Waals surface area contributed by atoms with Crippen LogP contribution in [0.4, 0.5) is 0 Å². The van der Waals surface area contributed by atoms with E-state index < -0.39 is 0 Å². The minimum atomic E-state index is 0.673. The highest BCUT2D eigenvalue weighted by Crippen LogP contribution is 2.21. The van der Waals surface area contributed by atoms with Crippen LogP contribution in [-0.4, -0.2) is 15.0 Å². The topological polar surface area (TPSA) is 38.7 Å². The molecular weight excluding hydrogens is 318 g/mol. The number of aromatic nitrogens is 3. The summed E-state index contributed by atoms with van der Waals surface area (Å²) in [4.78, 5) is 13.7. The third kappa shape index (κ3) is 3.57. The zero-order chi connectivity index (χ0) is 17.6. The molecule has 0 bridgehead atoms. The highest BCUT2D eigenvalue weighted by Gasteiger charge is 2.07. The Labute approximate surface area is 152 Å². The summed E-state index contributed by atoms with van der Waals surface area (Å²) in [5.74, 6) is 0.673. The van der Waals surface area contributed by atoms with E-state index >= 15 is 0 Å². The summed E-state index contributed by atoms with van der Waals surface area (Å²) >= 11 is 0. The molecular formula is C23H17N3. The van der Waals surface area contributed by atoms with Gasteiger partial charge in [-0.15, -0.1) is 0 Å². The highest BCUT2D eigenvalue weighted by molar-refractivity contribution is 5.84. The van der Waals surface area contributed by atoms with E-state index in [0.29, 0.717) is 11.5 Å². The zero-order valence-electron chi connectivity index (χ0n) is 14.2. The predicted molar refractivity (Wildman–Crippen MR) is 108 cm³/mol. The molecule has 0 N–H and O–H groups in total. The normalized spacial score (nSPS) is 27.4. The number of hydrogen-bond acceptors (Lipinski definition) is 3. The van der Waals surface area contributed by atoms with Crippen LogP contribution in [0.15, 0.2) is 104 Å². The van der Waals surface area contributed by atoms with Gasteiger partial charge in [-0.25, -0.2) is 15.0 Å². The lowest BCUT2D eigenvalue weighted by Gasteiger charge is -2.06. The maximum atomic E-state index is 4.63. The number of pyridine rings is 1. The molecule has 0 saturated carbocycles. The molecule has 0 spiro atoms. The predicted octanol–water partition coefficient (Wildman–Crippen LogP) is 5.16. The van der Waals surface area contributed by atoms with E-state index in [0.717, 1.165) is 22.1 Å². The molecule has 0 atom stereocenters. The molecule has 4 rings (SSSR count). The number of nitrogens with zero attached hydrogens (tertiary/aromatic N) is 3. The van der Waals surface area contributed by atoms with Crippen molar-refractivity contribution in [1.29, 1.82) is 0 Å². The van der Waals surface area contributed by atoms with Gasteiger partial charge >= 0.3 is 0 Å². The van der Waals surface area contributed by atoms with Crippen LogP contribution in [-0.2, 0) is 0 Å². The van der Waals surface area contributed by atoms with Crippen molar-refractivity contribution < 1.29 is 0 Å². The molecule has 2 aliphatic rings. The summed E-state index contributed by atoms with van der Waals surface area (Å²) in [6.07, 6.45) is 31.8. The molecule has 26 heavy (non-hydrogen) atoms. The molecule has 3 nitrogen and oxygen atoms in total. The summed E-state index contributed by atoms with van der Waals surface area (Å²) in [6.45, 7) is 0. The number of hydrogen-bond donors (Lipinski definition) is 0. The lowest BCUT2D eigenvalue weighted by molar-refractivity contribution is 1.14. The fourth-order valence-corrected chi connectivity index (χ4v) is 2.69. The van der Waals surface area contributed by atoms with Crippen LogP contribution in [0.5, 0.6) is 0 Å². The third-order valence-corrected chi connectivity index (χ3v) is 4.02. The molecule has 0 aliphatic heterocycles. The Morgan fingerprint density at radius 1 is 0.577 bits per heavy atom. The van der Waals surface area contributed by atoms with Crippen molar-refractivity contribution in [3.05, 3.63) is 115 Å². The Morgan fingerprint density at radius 3 is 2.04 bits per heavy atom. The average molecular weight is 335 g/mol. The minimum absolute atomic E-state index is 0.673. The first-order chi connectivity index (χ1) is 12.9. The summed E-state index contributed by atoms with van der Waals surface area (Å²) in [5.41, 5.74) is 3.80. The van der Waals surface area contributed by atoms with E-state index in [1.807, 2.05) is 85.3 Å². The number of fused-ring (bicyclic) bond motifs is 1. The fourth-order valence-electron chi connectivity index (χ4n) is 2.69. The SMILES string of the molecule is C1=C\C=C/C(c2cnc3nc(C4=C/C=C\C=C/C=C\4)ncc3c2)=C\C=C/1. The molecule has 2 heterocycles. The minimum Gasteiger partial charge on any atom is -0.236 e. The molecule has 0 radical (unpaired) electrons. The van der Waals surface area contributed by atoms with Crippen molar-refractivity contribution in [2.75, 3.05) is 0 Å². The van der Waals surface area contributed by atoms with Crippen LogP contribution in [0.1, 0.15) is 11.4 Å². The van der Waals surface area contributed by atoms with Gasteiger partial charge < -0.3 is 0 Å². The van der Waals surface area contributed by atoms with Crippen LogP contribution >= 0.6 is 0 Å². The van der Waals surface area contributed by atoms with Crippen LogP contribution in [0, 0.1) is 0 Å². The lowest BCUT2D eigenvalue weighted by atomic mass is 10.0. The van der Waals surface area contributed by atoms with Gasteiger partial charge in [0, 0.05) is 28.9 Å². The van der Waals surface area contributed by atoms with Gasteiger partial charge in [0.05, 0.1) is 0 Å². The maximum Gasteiger partial charge on any atom is 0.163 e. The van der Waals surface area contributed by atoms with Gasteiger partial charge in [-0.2, -0.15) is 0 Å². The van der Waals surface area contributed by atoms with Crippen molar-refractivity contribution in [2.24, 2.45) is 0 Å². The van der Waals surface area contributed by atoms with Crippen molar-refractivity contribution in [2.45, 2.75) is 0 Å². The molecule has 0 unspecified atom stereocenters. The lowest BCUT2D eigenvalue weighted by Crippen LogP contribution is -1.96. The Kier molecular flexibility index (Phi) is 4.61.